The van der Waals surface area contributed by atoms with Crippen LogP contribution in [0.2, 0.25) is 0 Å². The van der Waals surface area contributed by atoms with Gasteiger partial charge in [-0.2, -0.15) is 0 Å². The van der Waals surface area contributed by atoms with Gasteiger partial charge in [-0.05, 0) is 30.0 Å². The Morgan fingerprint density at radius 3 is 2.71 bits per heavy atom. The van der Waals surface area contributed by atoms with Crippen LogP contribution in [0.5, 0.6) is 0 Å². The second kappa shape index (κ2) is 5.81. The van der Waals surface area contributed by atoms with Gasteiger partial charge >= 0.3 is 0 Å². The van der Waals surface area contributed by atoms with Crippen LogP contribution in [0.15, 0.2) is 66.9 Å². The Morgan fingerprint density at radius 2 is 1.83 bits per heavy atom. The van der Waals surface area contributed by atoms with Crippen molar-refractivity contribution in [3.05, 3.63) is 78.2 Å². The molecule has 4 aromatic rings. The number of aryl methyl sites for hydroxylation is 1. The lowest BCUT2D eigenvalue weighted by Crippen LogP contribution is -2.16. The predicted octanol–water partition coefficient (Wildman–Crippen LogP) is 4.30. The van der Waals surface area contributed by atoms with Crippen molar-refractivity contribution in [3.8, 4) is 0 Å². The largest absolute Gasteiger partial charge is 0.320 e. The lowest BCUT2D eigenvalue weighted by molar-refractivity contribution is 0.102. The summed E-state index contributed by atoms with van der Waals surface area (Å²) >= 11 is 0. The number of hydrogen-bond acceptors (Lipinski definition) is 2. The van der Waals surface area contributed by atoms with E-state index in [0.717, 1.165) is 27.8 Å². The number of fused-ring (bicyclic) bond motifs is 2. The Labute approximate surface area is 139 Å². The molecule has 2 heterocycles. The zero-order valence-corrected chi connectivity index (χ0v) is 13.4. The Hall–Kier alpha value is -3.14. The molecule has 0 spiro atoms. The molecule has 0 atom stereocenters. The summed E-state index contributed by atoms with van der Waals surface area (Å²) in [5, 5.41) is 5.18. The highest BCUT2D eigenvalue weighted by Crippen LogP contribution is 2.24. The van der Waals surface area contributed by atoms with Gasteiger partial charge < -0.3 is 5.32 Å². The highest BCUT2D eigenvalue weighted by atomic mass is 16.2. The van der Waals surface area contributed by atoms with Crippen LogP contribution in [-0.4, -0.2) is 15.3 Å². The third kappa shape index (κ3) is 2.33. The molecule has 0 aliphatic carbocycles. The van der Waals surface area contributed by atoms with E-state index in [1.54, 1.807) is 0 Å². The monoisotopic (exact) mass is 315 g/mol. The van der Waals surface area contributed by atoms with Gasteiger partial charge in [0.15, 0.2) is 0 Å². The van der Waals surface area contributed by atoms with Gasteiger partial charge in [0.1, 0.15) is 11.3 Å². The molecule has 1 N–H and O–H groups in total. The maximum atomic E-state index is 12.9. The molecule has 2 aromatic carbocycles. The fourth-order valence-electron chi connectivity index (χ4n) is 3.05. The van der Waals surface area contributed by atoms with Crippen molar-refractivity contribution >= 4 is 28.0 Å². The second-order valence-electron chi connectivity index (χ2n) is 5.67. The zero-order valence-electron chi connectivity index (χ0n) is 13.4. The fourth-order valence-corrected chi connectivity index (χ4v) is 3.05. The van der Waals surface area contributed by atoms with Gasteiger partial charge in [0.05, 0.1) is 5.69 Å². The van der Waals surface area contributed by atoms with Crippen molar-refractivity contribution in [1.82, 2.24) is 9.38 Å². The van der Waals surface area contributed by atoms with Crippen LogP contribution in [0, 0.1) is 0 Å². The molecule has 4 rings (SSSR count). The number of carbonyl (C=O) groups excluding carboxylic acids is 1. The molecule has 2 aromatic heterocycles. The minimum atomic E-state index is -0.137. The molecule has 0 saturated carbocycles. The molecule has 0 aliphatic heterocycles. The number of amides is 1. The van der Waals surface area contributed by atoms with Gasteiger partial charge in [0.2, 0.25) is 0 Å². The van der Waals surface area contributed by atoms with E-state index in [0.29, 0.717) is 12.1 Å². The number of aromatic nitrogens is 2. The molecule has 0 aliphatic rings. The van der Waals surface area contributed by atoms with E-state index in [1.165, 1.54) is 0 Å². The number of nitrogens with zero attached hydrogens (tertiary/aromatic N) is 2. The van der Waals surface area contributed by atoms with Crippen LogP contribution < -0.4 is 5.32 Å². The SMILES string of the molecule is CCc1nc2ccccn2c1C(=O)Nc1cccc2ccccc12. The second-order valence-corrected chi connectivity index (χ2v) is 5.67. The van der Waals surface area contributed by atoms with Crippen molar-refractivity contribution in [2.24, 2.45) is 0 Å². The minimum absolute atomic E-state index is 0.137. The summed E-state index contributed by atoms with van der Waals surface area (Å²) in [4.78, 5) is 17.5. The topological polar surface area (TPSA) is 46.4 Å². The van der Waals surface area contributed by atoms with E-state index in [-0.39, 0.29) is 5.91 Å². The Bertz CT molecular complexity index is 1040. The van der Waals surface area contributed by atoms with Gasteiger partial charge in [-0.15, -0.1) is 0 Å². The highest BCUT2D eigenvalue weighted by Gasteiger charge is 2.18. The number of hydrogen-bond donors (Lipinski definition) is 1. The summed E-state index contributed by atoms with van der Waals surface area (Å²) in [7, 11) is 0. The molecule has 118 valence electrons. The van der Waals surface area contributed by atoms with Crippen LogP contribution in [0.1, 0.15) is 23.1 Å². The first kappa shape index (κ1) is 14.5. The Balaban J connectivity index is 1.79. The zero-order chi connectivity index (χ0) is 16.5. The van der Waals surface area contributed by atoms with E-state index >= 15 is 0 Å². The van der Waals surface area contributed by atoms with Crippen LogP contribution in [0.3, 0.4) is 0 Å². The van der Waals surface area contributed by atoms with Crippen molar-refractivity contribution in [3.63, 3.8) is 0 Å². The standard InChI is InChI=1S/C20H17N3O/c1-2-16-19(23-13-6-5-12-18(23)21-16)20(24)22-17-11-7-9-14-8-3-4-10-15(14)17/h3-13H,2H2,1H3,(H,22,24). The smallest absolute Gasteiger partial charge is 0.274 e. The summed E-state index contributed by atoms with van der Waals surface area (Å²) in [5.74, 6) is -0.137. The number of imidazole rings is 1. The third-order valence-corrected chi connectivity index (χ3v) is 4.19. The van der Waals surface area contributed by atoms with Crippen LogP contribution in [0.25, 0.3) is 16.4 Å². The summed E-state index contributed by atoms with van der Waals surface area (Å²) in [6, 6.07) is 19.7. The van der Waals surface area contributed by atoms with Crippen molar-refractivity contribution < 1.29 is 4.79 Å². The number of benzene rings is 2. The van der Waals surface area contributed by atoms with Gasteiger partial charge in [0, 0.05) is 17.3 Å². The van der Waals surface area contributed by atoms with Crippen molar-refractivity contribution in [1.29, 1.82) is 0 Å². The number of nitrogens with one attached hydrogen (secondary N) is 1. The molecular formula is C20H17N3O. The van der Waals surface area contributed by atoms with Crippen LogP contribution >= 0.6 is 0 Å². The molecule has 4 nitrogen and oxygen atoms in total. The first-order valence-electron chi connectivity index (χ1n) is 8.03. The van der Waals surface area contributed by atoms with Gasteiger partial charge in [-0.25, -0.2) is 4.98 Å². The van der Waals surface area contributed by atoms with Crippen LogP contribution in [-0.2, 0) is 6.42 Å². The quantitative estimate of drug-likeness (QED) is 0.612. The fraction of sp³-hybridized carbons (Fsp3) is 0.100. The first-order chi connectivity index (χ1) is 11.8. The molecule has 0 radical (unpaired) electrons. The maximum Gasteiger partial charge on any atom is 0.274 e. The molecule has 1 amide bonds. The molecule has 0 bridgehead atoms. The van der Waals surface area contributed by atoms with E-state index in [2.05, 4.69) is 10.3 Å². The highest BCUT2D eigenvalue weighted by molar-refractivity contribution is 6.09. The summed E-state index contributed by atoms with van der Waals surface area (Å²) in [6.45, 7) is 2.01. The maximum absolute atomic E-state index is 12.9. The Kier molecular flexibility index (Phi) is 3.50. The molecule has 24 heavy (non-hydrogen) atoms. The average molecular weight is 315 g/mol. The van der Waals surface area contributed by atoms with Crippen molar-refractivity contribution in [2.75, 3.05) is 5.32 Å². The Morgan fingerprint density at radius 1 is 1.04 bits per heavy atom. The number of rotatable bonds is 3. The number of pyridine rings is 1. The molecule has 4 heteroatoms. The van der Waals surface area contributed by atoms with E-state index < -0.39 is 0 Å². The molecule has 0 saturated heterocycles. The van der Waals surface area contributed by atoms with Crippen molar-refractivity contribution in [2.45, 2.75) is 13.3 Å². The molecular weight excluding hydrogens is 298 g/mol. The average Bonchev–Trinajstić information content (AvgIpc) is 3.01. The van der Waals surface area contributed by atoms with Gasteiger partial charge in [-0.1, -0.05) is 49.4 Å². The first-order valence-corrected chi connectivity index (χ1v) is 8.03. The number of anilines is 1. The minimum Gasteiger partial charge on any atom is -0.320 e. The van der Waals surface area contributed by atoms with E-state index in [9.17, 15) is 4.79 Å². The number of carbonyl (C=O) groups is 1. The van der Waals surface area contributed by atoms with Crippen LogP contribution in [0.4, 0.5) is 5.69 Å². The summed E-state index contributed by atoms with van der Waals surface area (Å²) in [5.41, 5.74) is 3.00. The normalized spacial score (nSPS) is 11.0. The van der Waals surface area contributed by atoms with E-state index in [4.69, 9.17) is 0 Å². The molecule has 0 unspecified atom stereocenters. The molecule has 0 fully saturated rings. The lowest BCUT2D eigenvalue weighted by Gasteiger charge is -2.09. The lowest BCUT2D eigenvalue weighted by atomic mass is 10.1. The van der Waals surface area contributed by atoms with Gasteiger partial charge in [-0.3, -0.25) is 9.20 Å². The summed E-state index contributed by atoms with van der Waals surface area (Å²) in [6.07, 6.45) is 2.58. The van der Waals surface area contributed by atoms with E-state index in [1.807, 2.05) is 78.2 Å². The summed E-state index contributed by atoms with van der Waals surface area (Å²) < 4.78 is 1.85. The van der Waals surface area contributed by atoms with Gasteiger partial charge in [0.25, 0.3) is 5.91 Å². The third-order valence-electron chi connectivity index (χ3n) is 4.19. The predicted molar refractivity (Wildman–Crippen MR) is 96.5 cm³/mol.